The Kier molecular flexibility index (Phi) is 5.30. The minimum absolute atomic E-state index is 0.0193. The first kappa shape index (κ1) is 12.9. The highest BCUT2D eigenvalue weighted by atomic mass is 35.5. The molecular formula is C14H19ClO2. The van der Waals surface area contributed by atoms with Crippen LogP contribution < -0.4 is 0 Å². The second kappa shape index (κ2) is 7.00. The van der Waals surface area contributed by atoms with Crippen molar-refractivity contribution in [2.24, 2.45) is 0 Å². The van der Waals surface area contributed by atoms with Crippen LogP contribution in [0.1, 0.15) is 30.4 Å². The van der Waals surface area contributed by atoms with Gasteiger partial charge in [0.05, 0.1) is 6.61 Å². The lowest BCUT2D eigenvalue weighted by Crippen LogP contribution is -2.23. The topological polar surface area (TPSA) is 18.5 Å². The summed E-state index contributed by atoms with van der Waals surface area (Å²) in [6.45, 7) is 1.57. The molecule has 1 saturated heterocycles. The van der Waals surface area contributed by atoms with Gasteiger partial charge in [0.2, 0.25) is 0 Å². The highest BCUT2D eigenvalue weighted by Crippen LogP contribution is 2.14. The normalized spacial score (nSPS) is 20.4. The second-order valence-electron chi connectivity index (χ2n) is 4.37. The predicted molar refractivity (Wildman–Crippen MR) is 69.2 cm³/mol. The van der Waals surface area contributed by atoms with Gasteiger partial charge in [-0.15, -0.1) is 11.6 Å². The zero-order chi connectivity index (χ0) is 11.9. The molecule has 1 fully saturated rings. The summed E-state index contributed by atoms with van der Waals surface area (Å²) < 4.78 is 11.2. The van der Waals surface area contributed by atoms with Gasteiger partial charge in [0.25, 0.3) is 0 Å². The minimum Gasteiger partial charge on any atom is -0.353 e. The SMILES string of the molecule is ClCc1ccc(CCOC2CCCCO2)cc1. The van der Waals surface area contributed by atoms with Crippen LogP contribution in [0, 0.1) is 0 Å². The molecule has 1 aromatic carbocycles. The van der Waals surface area contributed by atoms with Crippen molar-refractivity contribution in [3.63, 3.8) is 0 Å². The molecule has 0 aliphatic carbocycles. The molecular weight excluding hydrogens is 236 g/mol. The van der Waals surface area contributed by atoms with E-state index in [0.29, 0.717) is 5.88 Å². The third kappa shape index (κ3) is 4.30. The van der Waals surface area contributed by atoms with Gasteiger partial charge in [-0.05, 0) is 36.8 Å². The molecule has 0 radical (unpaired) electrons. The summed E-state index contributed by atoms with van der Waals surface area (Å²) in [5.41, 5.74) is 2.45. The number of ether oxygens (including phenoxy) is 2. The zero-order valence-corrected chi connectivity index (χ0v) is 10.8. The number of halogens is 1. The molecule has 1 aliphatic heterocycles. The lowest BCUT2D eigenvalue weighted by Gasteiger charge is -2.22. The van der Waals surface area contributed by atoms with Gasteiger partial charge in [-0.2, -0.15) is 0 Å². The molecule has 1 unspecified atom stereocenters. The second-order valence-corrected chi connectivity index (χ2v) is 4.63. The van der Waals surface area contributed by atoms with Crippen LogP contribution >= 0.6 is 11.6 Å². The van der Waals surface area contributed by atoms with Crippen molar-refractivity contribution in [2.45, 2.75) is 37.9 Å². The van der Waals surface area contributed by atoms with Crippen molar-refractivity contribution in [1.29, 1.82) is 0 Å². The highest BCUT2D eigenvalue weighted by molar-refractivity contribution is 6.17. The Labute approximate surface area is 108 Å². The predicted octanol–water partition coefficient (Wildman–Crippen LogP) is 3.51. The van der Waals surface area contributed by atoms with Crippen LogP contribution in [0.4, 0.5) is 0 Å². The Morgan fingerprint density at radius 3 is 2.59 bits per heavy atom. The van der Waals surface area contributed by atoms with E-state index in [1.807, 2.05) is 0 Å². The van der Waals surface area contributed by atoms with E-state index in [0.717, 1.165) is 31.6 Å². The molecule has 17 heavy (non-hydrogen) atoms. The van der Waals surface area contributed by atoms with E-state index in [9.17, 15) is 0 Å². The Morgan fingerprint density at radius 1 is 1.18 bits per heavy atom. The van der Waals surface area contributed by atoms with Crippen molar-refractivity contribution >= 4 is 11.6 Å². The van der Waals surface area contributed by atoms with Crippen molar-refractivity contribution in [3.8, 4) is 0 Å². The average Bonchev–Trinajstić information content (AvgIpc) is 2.41. The largest absolute Gasteiger partial charge is 0.353 e. The molecule has 1 atom stereocenters. The van der Waals surface area contributed by atoms with Gasteiger partial charge >= 0.3 is 0 Å². The van der Waals surface area contributed by atoms with Crippen LogP contribution in [0.25, 0.3) is 0 Å². The highest BCUT2D eigenvalue weighted by Gasteiger charge is 2.13. The summed E-state index contributed by atoms with van der Waals surface area (Å²) in [6, 6.07) is 8.37. The van der Waals surface area contributed by atoms with Crippen molar-refractivity contribution in [1.82, 2.24) is 0 Å². The fraction of sp³-hybridized carbons (Fsp3) is 0.571. The quantitative estimate of drug-likeness (QED) is 0.749. The van der Waals surface area contributed by atoms with Crippen LogP contribution in [0.3, 0.4) is 0 Å². The van der Waals surface area contributed by atoms with Gasteiger partial charge in [0.15, 0.2) is 6.29 Å². The van der Waals surface area contributed by atoms with E-state index in [2.05, 4.69) is 24.3 Å². The molecule has 1 aliphatic rings. The first-order valence-corrected chi connectivity index (χ1v) is 6.79. The lowest BCUT2D eigenvalue weighted by atomic mass is 10.1. The summed E-state index contributed by atoms with van der Waals surface area (Å²) in [6.07, 6.45) is 4.37. The number of rotatable bonds is 5. The molecule has 1 heterocycles. The Hall–Kier alpha value is -0.570. The fourth-order valence-electron chi connectivity index (χ4n) is 1.95. The summed E-state index contributed by atoms with van der Waals surface area (Å²) in [7, 11) is 0. The summed E-state index contributed by atoms with van der Waals surface area (Å²) in [5.74, 6) is 0.576. The lowest BCUT2D eigenvalue weighted by molar-refractivity contribution is -0.161. The van der Waals surface area contributed by atoms with Crippen molar-refractivity contribution in [3.05, 3.63) is 35.4 Å². The molecule has 0 amide bonds. The molecule has 0 aromatic heterocycles. The van der Waals surface area contributed by atoms with Crippen molar-refractivity contribution in [2.75, 3.05) is 13.2 Å². The monoisotopic (exact) mass is 254 g/mol. The summed E-state index contributed by atoms with van der Waals surface area (Å²) >= 11 is 5.74. The first-order valence-electron chi connectivity index (χ1n) is 6.25. The number of hydrogen-bond acceptors (Lipinski definition) is 2. The Morgan fingerprint density at radius 2 is 1.94 bits per heavy atom. The van der Waals surface area contributed by atoms with Gasteiger partial charge in [-0.3, -0.25) is 0 Å². The van der Waals surface area contributed by atoms with Crippen LogP contribution in [0.2, 0.25) is 0 Å². The maximum Gasteiger partial charge on any atom is 0.157 e. The summed E-state index contributed by atoms with van der Waals surface area (Å²) in [5, 5.41) is 0. The van der Waals surface area contributed by atoms with Gasteiger partial charge in [-0.25, -0.2) is 0 Å². The van der Waals surface area contributed by atoms with Crippen molar-refractivity contribution < 1.29 is 9.47 Å². The molecule has 0 N–H and O–H groups in total. The standard InChI is InChI=1S/C14H19ClO2/c15-11-13-6-4-12(5-7-13)8-10-17-14-3-1-2-9-16-14/h4-7,14H,1-3,8-11H2. The van der Waals surface area contributed by atoms with Crippen LogP contribution in [-0.2, 0) is 21.8 Å². The average molecular weight is 255 g/mol. The van der Waals surface area contributed by atoms with E-state index in [4.69, 9.17) is 21.1 Å². The number of alkyl halides is 1. The Bertz CT molecular complexity index is 317. The molecule has 1 aromatic rings. The molecule has 0 spiro atoms. The van der Waals surface area contributed by atoms with Gasteiger partial charge in [-0.1, -0.05) is 24.3 Å². The van der Waals surface area contributed by atoms with Crippen LogP contribution in [0.15, 0.2) is 24.3 Å². The first-order chi connectivity index (χ1) is 8.38. The van der Waals surface area contributed by atoms with Gasteiger partial charge < -0.3 is 9.47 Å². The third-order valence-electron chi connectivity index (χ3n) is 3.01. The maximum absolute atomic E-state index is 5.74. The number of benzene rings is 1. The van der Waals surface area contributed by atoms with Crippen LogP contribution in [-0.4, -0.2) is 19.5 Å². The smallest absolute Gasteiger partial charge is 0.157 e. The van der Waals surface area contributed by atoms with Gasteiger partial charge in [0.1, 0.15) is 0 Å². The minimum atomic E-state index is 0.0193. The van der Waals surface area contributed by atoms with E-state index >= 15 is 0 Å². The number of hydrogen-bond donors (Lipinski definition) is 0. The van der Waals surface area contributed by atoms with Crippen LogP contribution in [0.5, 0.6) is 0 Å². The Balaban J connectivity index is 1.69. The zero-order valence-electron chi connectivity index (χ0n) is 10.0. The molecule has 94 valence electrons. The van der Waals surface area contributed by atoms with E-state index in [-0.39, 0.29) is 6.29 Å². The van der Waals surface area contributed by atoms with E-state index in [1.54, 1.807) is 0 Å². The molecule has 0 saturated carbocycles. The third-order valence-corrected chi connectivity index (χ3v) is 3.32. The molecule has 2 rings (SSSR count). The van der Waals surface area contributed by atoms with E-state index < -0.39 is 0 Å². The molecule has 3 heteroatoms. The maximum atomic E-state index is 5.74. The van der Waals surface area contributed by atoms with Gasteiger partial charge in [0, 0.05) is 12.5 Å². The molecule has 2 nitrogen and oxygen atoms in total. The summed E-state index contributed by atoms with van der Waals surface area (Å²) in [4.78, 5) is 0. The fourth-order valence-corrected chi connectivity index (χ4v) is 2.12. The van der Waals surface area contributed by atoms with E-state index in [1.165, 1.54) is 18.4 Å². The molecule has 0 bridgehead atoms.